The topological polar surface area (TPSA) is 96.3 Å². The van der Waals surface area contributed by atoms with Crippen molar-refractivity contribution in [3.8, 4) is 0 Å². The summed E-state index contributed by atoms with van der Waals surface area (Å²) in [5.74, 6) is 0.642. The lowest BCUT2D eigenvalue weighted by Crippen LogP contribution is -2.48. The van der Waals surface area contributed by atoms with Crippen molar-refractivity contribution >= 4 is 28.8 Å². The van der Waals surface area contributed by atoms with Crippen molar-refractivity contribution in [3.05, 3.63) is 5.82 Å². The van der Waals surface area contributed by atoms with Crippen molar-refractivity contribution in [1.29, 1.82) is 0 Å². The molecule has 2 rings (SSSR count). The van der Waals surface area contributed by atoms with E-state index in [1.807, 2.05) is 0 Å². The SMILES string of the molecule is Cc1nsc(NC(=O)NC2CC(C)(C)CC(C)(CN=C=O)C2)n1. The molecule has 0 saturated heterocycles. The Labute approximate surface area is 140 Å². The second kappa shape index (κ2) is 6.76. The Hall–Kier alpha value is -1.79. The largest absolute Gasteiger partial charge is 0.335 e. The number of isocyanates is 1. The minimum atomic E-state index is -0.273. The standard InChI is InChI=1S/C15H23N5O2S/c1-10-17-13(23-20-10)19-12(22)18-11-5-14(2,3)7-15(4,6-11)8-16-9-21/h11H,5-8H2,1-4H3,(H2,17,18,19,20,22). The highest BCUT2D eigenvalue weighted by Crippen LogP contribution is 2.46. The molecule has 1 fully saturated rings. The molecule has 7 nitrogen and oxygen atoms in total. The second-order valence-electron chi connectivity index (χ2n) is 7.41. The van der Waals surface area contributed by atoms with Gasteiger partial charge in [0.25, 0.3) is 0 Å². The molecule has 1 aromatic rings. The zero-order chi connectivity index (χ0) is 17.1. The van der Waals surface area contributed by atoms with Gasteiger partial charge in [0, 0.05) is 17.6 Å². The van der Waals surface area contributed by atoms with Crippen molar-refractivity contribution in [2.24, 2.45) is 15.8 Å². The number of rotatable bonds is 4. The number of hydrogen-bond acceptors (Lipinski definition) is 6. The van der Waals surface area contributed by atoms with Gasteiger partial charge in [-0.1, -0.05) is 20.8 Å². The Morgan fingerprint density at radius 2 is 2.17 bits per heavy atom. The van der Waals surface area contributed by atoms with E-state index in [1.54, 1.807) is 13.0 Å². The van der Waals surface area contributed by atoms with Crippen LogP contribution in [0.3, 0.4) is 0 Å². The Morgan fingerprint density at radius 1 is 1.43 bits per heavy atom. The highest BCUT2D eigenvalue weighted by atomic mass is 32.1. The Kier molecular flexibility index (Phi) is 5.16. The van der Waals surface area contributed by atoms with E-state index in [4.69, 9.17) is 0 Å². The predicted molar refractivity (Wildman–Crippen MR) is 89.3 cm³/mol. The van der Waals surface area contributed by atoms with E-state index in [2.05, 4.69) is 45.8 Å². The van der Waals surface area contributed by atoms with Crippen LogP contribution < -0.4 is 10.6 Å². The molecule has 0 radical (unpaired) electrons. The summed E-state index contributed by atoms with van der Waals surface area (Å²) < 4.78 is 4.04. The molecule has 1 aliphatic rings. The molecule has 0 aliphatic heterocycles. The number of carbonyl (C=O) groups is 1. The molecule has 126 valence electrons. The first-order valence-corrected chi connectivity index (χ1v) is 8.40. The van der Waals surface area contributed by atoms with Gasteiger partial charge in [-0.15, -0.1) is 0 Å². The zero-order valence-electron chi connectivity index (χ0n) is 14.0. The number of anilines is 1. The molecule has 2 N–H and O–H groups in total. The molecule has 0 bridgehead atoms. The minimum absolute atomic E-state index is 0.0274. The molecular weight excluding hydrogens is 314 g/mol. The van der Waals surface area contributed by atoms with Crippen LogP contribution in [0, 0.1) is 17.8 Å². The van der Waals surface area contributed by atoms with E-state index < -0.39 is 0 Å². The predicted octanol–water partition coefficient (Wildman–Crippen LogP) is 2.89. The quantitative estimate of drug-likeness (QED) is 0.652. The van der Waals surface area contributed by atoms with Gasteiger partial charge in [-0.3, -0.25) is 5.32 Å². The lowest BCUT2D eigenvalue weighted by atomic mass is 9.62. The molecule has 1 aliphatic carbocycles. The van der Waals surface area contributed by atoms with Crippen LogP contribution in [0.15, 0.2) is 4.99 Å². The third-order valence-electron chi connectivity index (χ3n) is 4.05. The van der Waals surface area contributed by atoms with Crippen LogP contribution in [-0.2, 0) is 4.79 Å². The minimum Gasteiger partial charge on any atom is -0.335 e. The number of aliphatic imine (C=N–C) groups is 1. The Bertz CT molecular complexity index is 623. The van der Waals surface area contributed by atoms with Crippen LogP contribution >= 0.6 is 11.5 Å². The molecule has 2 atom stereocenters. The Balaban J connectivity index is 2.00. The van der Waals surface area contributed by atoms with Gasteiger partial charge in [0.15, 0.2) is 0 Å². The first kappa shape index (κ1) is 17.6. The molecule has 23 heavy (non-hydrogen) atoms. The molecule has 2 unspecified atom stereocenters. The average molecular weight is 337 g/mol. The van der Waals surface area contributed by atoms with Gasteiger partial charge in [-0.25, -0.2) is 19.6 Å². The summed E-state index contributed by atoms with van der Waals surface area (Å²) in [5.41, 5.74) is -0.0426. The van der Waals surface area contributed by atoms with Gasteiger partial charge in [0.1, 0.15) is 5.82 Å². The number of nitrogens with one attached hydrogen (secondary N) is 2. The molecule has 1 heterocycles. The fraction of sp³-hybridized carbons (Fsp3) is 0.733. The van der Waals surface area contributed by atoms with Crippen molar-refractivity contribution in [1.82, 2.24) is 14.7 Å². The van der Waals surface area contributed by atoms with Gasteiger partial charge in [0.2, 0.25) is 11.2 Å². The first-order valence-electron chi connectivity index (χ1n) is 7.63. The molecule has 1 aromatic heterocycles. The van der Waals surface area contributed by atoms with Gasteiger partial charge >= 0.3 is 6.03 Å². The van der Waals surface area contributed by atoms with Crippen LogP contribution in [0.25, 0.3) is 0 Å². The fourth-order valence-corrected chi connectivity index (χ4v) is 4.32. The van der Waals surface area contributed by atoms with Crippen molar-refractivity contribution in [2.45, 2.75) is 53.0 Å². The lowest BCUT2D eigenvalue weighted by Gasteiger charge is -2.46. The van der Waals surface area contributed by atoms with Gasteiger partial charge in [-0.2, -0.15) is 4.37 Å². The zero-order valence-corrected chi connectivity index (χ0v) is 14.8. The Morgan fingerprint density at radius 3 is 2.78 bits per heavy atom. The van der Waals surface area contributed by atoms with E-state index in [9.17, 15) is 9.59 Å². The molecule has 2 amide bonds. The number of urea groups is 1. The van der Waals surface area contributed by atoms with E-state index in [0.29, 0.717) is 17.5 Å². The molecular formula is C15H23N5O2S. The molecule has 0 spiro atoms. The van der Waals surface area contributed by atoms with Crippen LogP contribution in [0.2, 0.25) is 0 Å². The van der Waals surface area contributed by atoms with E-state index >= 15 is 0 Å². The van der Waals surface area contributed by atoms with Gasteiger partial charge in [0.05, 0.1) is 6.54 Å². The summed E-state index contributed by atoms with van der Waals surface area (Å²) in [5, 5.41) is 6.22. The lowest BCUT2D eigenvalue weighted by molar-refractivity contribution is 0.0816. The first-order chi connectivity index (χ1) is 10.7. The van der Waals surface area contributed by atoms with Gasteiger partial charge in [-0.05, 0) is 37.0 Å². The van der Waals surface area contributed by atoms with E-state index in [1.165, 1.54) is 0 Å². The maximum Gasteiger partial charge on any atom is 0.321 e. The summed E-state index contributed by atoms with van der Waals surface area (Å²) in [6, 6.07) is -0.246. The summed E-state index contributed by atoms with van der Waals surface area (Å²) in [7, 11) is 0. The average Bonchev–Trinajstić information content (AvgIpc) is 2.79. The normalized spacial score (nSPS) is 26.2. The van der Waals surface area contributed by atoms with Crippen LogP contribution in [0.5, 0.6) is 0 Å². The summed E-state index contributed by atoms with van der Waals surface area (Å²) in [4.78, 5) is 30.5. The smallest absolute Gasteiger partial charge is 0.321 e. The monoisotopic (exact) mass is 337 g/mol. The number of aryl methyl sites for hydroxylation is 1. The maximum atomic E-state index is 12.2. The van der Waals surface area contributed by atoms with Crippen molar-refractivity contribution in [2.75, 3.05) is 11.9 Å². The number of hydrogen-bond donors (Lipinski definition) is 2. The number of carbonyl (C=O) groups excluding carboxylic acids is 2. The number of nitrogens with zero attached hydrogens (tertiary/aromatic N) is 3. The summed E-state index contributed by atoms with van der Waals surface area (Å²) in [6.07, 6.45) is 4.25. The highest BCUT2D eigenvalue weighted by Gasteiger charge is 2.41. The van der Waals surface area contributed by atoms with Crippen molar-refractivity contribution < 1.29 is 9.59 Å². The third-order valence-corrected chi connectivity index (χ3v) is 4.77. The maximum absolute atomic E-state index is 12.2. The summed E-state index contributed by atoms with van der Waals surface area (Å²) in [6.45, 7) is 8.68. The van der Waals surface area contributed by atoms with E-state index in [0.717, 1.165) is 30.8 Å². The van der Waals surface area contributed by atoms with Crippen LogP contribution in [0.4, 0.5) is 9.93 Å². The van der Waals surface area contributed by atoms with Crippen molar-refractivity contribution in [3.63, 3.8) is 0 Å². The van der Waals surface area contributed by atoms with Gasteiger partial charge < -0.3 is 5.32 Å². The molecule has 1 saturated carbocycles. The molecule has 0 aromatic carbocycles. The van der Waals surface area contributed by atoms with Crippen LogP contribution in [-0.4, -0.2) is 34.1 Å². The second-order valence-corrected chi connectivity index (χ2v) is 8.16. The number of aromatic nitrogens is 2. The molecule has 8 heteroatoms. The third kappa shape index (κ3) is 5.11. The summed E-state index contributed by atoms with van der Waals surface area (Å²) >= 11 is 1.16. The number of amides is 2. The van der Waals surface area contributed by atoms with Crippen LogP contribution in [0.1, 0.15) is 45.9 Å². The highest BCUT2D eigenvalue weighted by molar-refractivity contribution is 7.09. The van der Waals surface area contributed by atoms with E-state index in [-0.39, 0.29) is 22.9 Å². The fourth-order valence-electron chi connectivity index (χ4n) is 3.75.